The van der Waals surface area contributed by atoms with Crippen LogP contribution in [0.2, 0.25) is 0 Å². The van der Waals surface area contributed by atoms with Crippen LogP contribution in [0, 0.1) is 0 Å². The average molecular weight is 246 g/mol. The Morgan fingerprint density at radius 2 is 1.60 bits per heavy atom. The fourth-order valence-electron chi connectivity index (χ4n) is 0.839. The van der Waals surface area contributed by atoms with Crippen LogP contribution in [0.4, 0.5) is 35.1 Å². The van der Waals surface area contributed by atoms with Gasteiger partial charge in [0.1, 0.15) is 0 Å². The molecule has 0 aliphatic carbocycles. The van der Waals surface area contributed by atoms with Crippen molar-refractivity contribution in [2.24, 2.45) is 0 Å². The van der Waals surface area contributed by atoms with Gasteiger partial charge < -0.3 is 0 Å². The van der Waals surface area contributed by atoms with Crippen molar-refractivity contribution in [3.8, 4) is 0 Å². The molecule has 0 aromatic carbocycles. The van der Waals surface area contributed by atoms with Gasteiger partial charge in [-0.3, -0.25) is 9.47 Å². The molecule has 0 radical (unpaired) electrons. The summed E-state index contributed by atoms with van der Waals surface area (Å²) >= 11 is 0. The number of halogens is 8. The topological polar surface area (TPSA) is 18.5 Å². The second kappa shape index (κ2) is 3.17. The summed E-state index contributed by atoms with van der Waals surface area (Å²) in [5, 5.41) is 0. The van der Waals surface area contributed by atoms with Gasteiger partial charge in [-0.05, 0) is 0 Å². The van der Waals surface area contributed by atoms with E-state index in [1.165, 1.54) is 0 Å². The summed E-state index contributed by atoms with van der Waals surface area (Å²) < 4.78 is 102. The standard InChI is InChI=1S/C5H2F8O2/c6-1(7)3(5(11,12)13)14-2(8)4(9,10)15-3/h1-2H. The van der Waals surface area contributed by atoms with Crippen molar-refractivity contribution in [1.82, 2.24) is 0 Å². The van der Waals surface area contributed by atoms with Crippen LogP contribution in [-0.2, 0) is 9.47 Å². The predicted octanol–water partition coefficient (Wildman–Crippen LogP) is 2.45. The smallest absolute Gasteiger partial charge is 0.295 e. The third kappa shape index (κ3) is 1.75. The van der Waals surface area contributed by atoms with Crippen molar-refractivity contribution in [1.29, 1.82) is 0 Å². The van der Waals surface area contributed by atoms with E-state index in [1.807, 2.05) is 0 Å². The lowest BCUT2D eigenvalue weighted by Gasteiger charge is -2.27. The molecule has 90 valence electrons. The summed E-state index contributed by atoms with van der Waals surface area (Å²) in [5.41, 5.74) is 0. The van der Waals surface area contributed by atoms with Crippen molar-refractivity contribution in [3.05, 3.63) is 0 Å². The summed E-state index contributed by atoms with van der Waals surface area (Å²) in [6, 6.07) is 0. The molecule has 1 saturated heterocycles. The Hall–Kier alpha value is -0.640. The molecule has 10 heteroatoms. The Morgan fingerprint density at radius 3 is 1.73 bits per heavy atom. The molecule has 0 aromatic heterocycles. The first-order valence-electron chi connectivity index (χ1n) is 3.27. The Morgan fingerprint density at radius 1 is 1.13 bits per heavy atom. The van der Waals surface area contributed by atoms with Gasteiger partial charge in [-0.2, -0.15) is 22.0 Å². The molecule has 15 heavy (non-hydrogen) atoms. The zero-order chi connectivity index (χ0) is 12.1. The van der Waals surface area contributed by atoms with E-state index < -0.39 is 30.9 Å². The zero-order valence-electron chi connectivity index (χ0n) is 6.49. The van der Waals surface area contributed by atoms with E-state index in [4.69, 9.17) is 0 Å². The predicted molar refractivity (Wildman–Crippen MR) is 26.8 cm³/mol. The number of rotatable bonds is 1. The first kappa shape index (κ1) is 12.4. The lowest BCUT2D eigenvalue weighted by Crippen LogP contribution is -2.53. The van der Waals surface area contributed by atoms with Gasteiger partial charge in [0.15, 0.2) is 0 Å². The second-order valence-electron chi connectivity index (χ2n) is 2.56. The third-order valence-electron chi connectivity index (χ3n) is 1.51. The fraction of sp³-hybridized carbons (Fsp3) is 1.00. The van der Waals surface area contributed by atoms with E-state index in [2.05, 4.69) is 9.47 Å². The van der Waals surface area contributed by atoms with E-state index >= 15 is 0 Å². The summed E-state index contributed by atoms with van der Waals surface area (Å²) in [6.45, 7) is 0. The van der Waals surface area contributed by atoms with Gasteiger partial charge in [0.2, 0.25) is 0 Å². The lowest BCUT2D eigenvalue weighted by atomic mass is 10.3. The van der Waals surface area contributed by atoms with Crippen molar-refractivity contribution in [2.45, 2.75) is 30.9 Å². The van der Waals surface area contributed by atoms with Gasteiger partial charge in [-0.1, -0.05) is 0 Å². The molecule has 0 aromatic rings. The van der Waals surface area contributed by atoms with E-state index in [-0.39, 0.29) is 0 Å². The molecule has 1 heterocycles. The monoisotopic (exact) mass is 246 g/mol. The Kier molecular flexibility index (Phi) is 2.63. The van der Waals surface area contributed by atoms with Gasteiger partial charge in [0.05, 0.1) is 0 Å². The van der Waals surface area contributed by atoms with Crippen LogP contribution in [0.15, 0.2) is 0 Å². The average Bonchev–Trinajstić information content (AvgIpc) is 2.22. The van der Waals surface area contributed by atoms with Gasteiger partial charge in [0, 0.05) is 0 Å². The fourth-order valence-corrected chi connectivity index (χ4v) is 0.839. The molecule has 2 unspecified atom stereocenters. The number of ether oxygens (including phenoxy) is 2. The second-order valence-corrected chi connectivity index (χ2v) is 2.56. The molecule has 0 spiro atoms. The summed E-state index contributed by atoms with van der Waals surface area (Å²) in [4.78, 5) is 0. The van der Waals surface area contributed by atoms with Crippen LogP contribution in [0.3, 0.4) is 0 Å². The van der Waals surface area contributed by atoms with Crippen LogP contribution < -0.4 is 0 Å². The normalized spacial score (nSPS) is 36.2. The molecular formula is C5H2F8O2. The molecule has 0 bridgehead atoms. The minimum atomic E-state index is -5.98. The highest BCUT2D eigenvalue weighted by Gasteiger charge is 2.76. The van der Waals surface area contributed by atoms with Crippen LogP contribution >= 0.6 is 0 Å². The van der Waals surface area contributed by atoms with Crippen LogP contribution in [0.5, 0.6) is 0 Å². The van der Waals surface area contributed by atoms with Gasteiger partial charge in [-0.25, -0.2) is 13.2 Å². The van der Waals surface area contributed by atoms with Crippen molar-refractivity contribution in [2.75, 3.05) is 0 Å². The maximum Gasteiger partial charge on any atom is 0.449 e. The first-order chi connectivity index (χ1) is 6.53. The highest BCUT2D eigenvalue weighted by molar-refractivity contribution is 4.89. The van der Waals surface area contributed by atoms with Crippen molar-refractivity contribution in [3.63, 3.8) is 0 Å². The summed E-state index contributed by atoms with van der Waals surface area (Å²) in [6.07, 6.45) is -19.4. The van der Waals surface area contributed by atoms with Crippen molar-refractivity contribution >= 4 is 0 Å². The van der Waals surface area contributed by atoms with Crippen LogP contribution in [-0.4, -0.2) is 30.9 Å². The number of alkyl halides is 8. The summed E-state index contributed by atoms with van der Waals surface area (Å²) in [5.74, 6) is -4.92. The highest BCUT2D eigenvalue weighted by atomic mass is 19.4. The molecule has 1 fully saturated rings. The lowest BCUT2D eigenvalue weighted by molar-refractivity contribution is -0.409. The number of hydrogen-bond acceptors (Lipinski definition) is 2. The van der Waals surface area contributed by atoms with Crippen molar-refractivity contribution < 1.29 is 44.6 Å². The Labute approximate surface area is 76.7 Å². The molecule has 1 rings (SSSR count). The minimum Gasteiger partial charge on any atom is -0.295 e. The number of hydrogen-bond donors (Lipinski definition) is 0. The Balaban J connectivity index is 3.09. The molecule has 0 amide bonds. The van der Waals surface area contributed by atoms with E-state index in [9.17, 15) is 35.1 Å². The maximum absolute atomic E-state index is 12.2. The molecule has 2 nitrogen and oxygen atoms in total. The third-order valence-corrected chi connectivity index (χ3v) is 1.51. The molecule has 1 aliphatic heterocycles. The zero-order valence-corrected chi connectivity index (χ0v) is 6.49. The molecular weight excluding hydrogens is 244 g/mol. The van der Waals surface area contributed by atoms with Gasteiger partial charge in [-0.15, -0.1) is 0 Å². The first-order valence-corrected chi connectivity index (χ1v) is 3.27. The molecule has 1 aliphatic rings. The van der Waals surface area contributed by atoms with E-state index in [0.29, 0.717) is 0 Å². The molecule has 0 N–H and O–H groups in total. The van der Waals surface area contributed by atoms with Gasteiger partial charge in [0.25, 0.3) is 6.36 Å². The summed E-state index contributed by atoms with van der Waals surface area (Å²) in [7, 11) is 0. The molecule has 0 saturated carbocycles. The van der Waals surface area contributed by atoms with E-state index in [0.717, 1.165) is 0 Å². The Bertz CT molecular complexity index is 250. The molecule has 2 atom stereocenters. The maximum atomic E-state index is 12.2. The van der Waals surface area contributed by atoms with Gasteiger partial charge >= 0.3 is 24.5 Å². The quantitative estimate of drug-likeness (QED) is 0.661. The highest BCUT2D eigenvalue weighted by Crippen LogP contribution is 2.50. The van der Waals surface area contributed by atoms with E-state index in [1.54, 1.807) is 0 Å². The van der Waals surface area contributed by atoms with Crippen LogP contribution in [0.1, 0.15) is 0 Å². The SMILES string of the molecule is FC1OC(C(F)F)(C(F)(F)F)OC1(F)F. The largest absolute Gasteiger partial charge is 0.449 e. The minimum absolute atomic E-state index is 2.67. The van der Waals surface area contributed by atoms with Crippen LogP contribution in [0.25, 0.3) is 0 Å².